The van der Waals surface area contributed by atoms with Crippen molar-refractivity contribution >= 4 is 11.6 Å². The Balaban J connectivity index is 2.31. The van der Waals surface area contributed by atoms with Crippen LogP contribution in [0.15, 0.2) is 12.1 Å². The molecule has 1 aromatic rings. The average molecular weight is 307 g/mol. The van der Waals surface area contributed by atoms with Gasteiger partial charge < -0.3 is 20.5 Å². The number of nitrogens with one attached hydrogen (secondary N) is 1. The van der Waals surface area contributed by atoms with E-state index in [1.54, 1.807) is 7.11 Å². The van der Waals surface area contributed by atoms with Gasteiger partial charge in [-0.25, -0.2) is 4.98 Å². The first-order chi connectivity index (χ1) is 9.93. The first-order valence-corrected chi connectivity index (χ1v) is 6.59. The van der Waals surface area contributed by atoms with Crippen LogP contribution in [0.1, 0.15) is 18.4 Å². The number of alkyl halides is 3. The number of hydrogen-bond donors (Lipinski definition) is 2. The Morgan fingerprint density at radius 1 is 1.19 bits per heavy atom. The quantitative estimate of drug-likeness (QED) is 0.686. The highest BCUT2D eigenvalue weighted by molar-refractivity contribution is 5.47. The molecule has 3 N–H and O–H groups in total. The summed E-state index contributed by atoms with van der Waals surface area (Å²) in [5, 5.41) is 2.83. The molecule has 1 heterocycles. The monoisotopic (exact) mass is 307 g/mol. The maximum absolute atomic E-state index is 12.6. The number of rotatable bonds is 9. The van der Waals surface area contributed by atoms with E-state index >= 15 is 0 Å². The number of pyridine rings is 1. The first kappa shape index (κ1) is 17.5. The Morgan fingerprint density at radius 2 is 1.95 bits per heavy atom. The smallest absolute Gasteiger partial charge is 0.384 e. The summed E-state index contributed by atoms with van der Waals surface area (Å²) in [4.78, 5) is 3.82. The van der Waals surface area contributed by atoms with Crippen LogP contribution in [0.5, 0.6) is 0 Å². The number of nitrogen functional groups attached to an aromatic ring is 1. The normalized spacial score (nSPS) is 11.6. The van der Waals surface area contributed by atoms with Crippen molar-refractivity contribution in [3.05, 3.63) is 17.7 Å². The number of nitrogens with zero attached hydrogens (tertiary/aromatic N) is 1. The van der Waals surface area contributed by atoms with Crippen LogP contribution in [-0.2, 0) is 15.7 Å². The molecule has 0 aromatic carbocycles. The zero-order valence-electron chi connectivity index (χ0n) is 11.9. The second-order valence-corrected chi connectivity index (χ2v) is 4.40. The summed E-state index contributed by atoms with van der Waals surface area (Å²) >= 11 is 0. The summed E-state index contributed by atoms with van der Waals surface area (Å²) in [5.41, 5.74) is 4.57. The Labute approximate surface area is 121 Å². The van der Waals surface area contributed by atoms with E-state index in [0.29, 0.717) is 26.4 Å². The molecule has 0 saturated heterocycles. The van der Waals surface area contributed by atoms with Crippen LogP contribution in [0.3, 0.4) is 0 Å². The SMILES string of the molecule is COCCOCCCCNc1cc(C(F)(F)F)cc(N)n1. The Hall–Kier alpha value is -1.54. The van der Waals surface area contributed by atoms with Crippen LogP contribution in [0.2, 0.25) is 0 Å². The molecule has 0 aliphatic heterocycles. The summed E-state index contributed by atoms with van der Waals surface area (Å²) in [6.45, 7) is 2.17. The molecule has 0 aliphatic rings. The topological polar surface area (TPSA) is 69.4 Å². The lowest BCUT2D eigenvalue weighted by Gasteiger charge is -2.11. The Morgan fingerprint density at radius 3 is 2.62 bits per heavy atom. The van der Waals surface area contributed by atoms with Gasteiger partial charge in [-0.05, 0) is 25.0 Å². The van der Waals surface area contributed by atoms with E-state index < -0.39 is 11.7 Å². The third-order valence-electron chi connectivity index (χ3n) is 2.63. The van der Waals surface area contributed by atoms with Crippen molar-refractivity contribution in [2.75, 3.05) is 44.5 Å². The molecule has 0 radical (unpaired) electrons. The van der Waals surface area contributed by atoms with Gasteiger partial charge in [0, 0.05) is 20.3 Å². The minimum absolute atomic E-state index is 0.127. The van der Waals surface area contributed by atoms with Crippen molar-refractivity contribution < 1.29 is 22.6 Å². The van der Waals surface area contributed by atoms with Crippen LogP contribution in [-0.4, -0.2) is 38.5 Å². The van der Waals surface area contributed by atoms with Crippen LogP contribution < -0.4 is 11.1 Å². The Kier molecular flexibility index (Phi) is 7.24. The predicted molar refractivity (Wildman–Crippen MR) is 74.1 cm³/mol. The second-order valence-electron chi connectivity index (χ2n) is 4.40. The highest BCUT2D eigenvalue weighted by Crippen LogP contribution is 2.31. The molecule has 0 amide bonds. The molecular weight excluding hydrogens is 287 g/mol. The average Bonchev–Trinajstić information content (AvgIpc) is 2.40. The molecule has 8 heteroatoms. The lowest BCUT2D eigenvalue weighted by Crippen LogP contribution is -2.11. The number of aromatic nitrogens is 1. The zero-order chi connectivity index (χ0) is 15.7. The molecule has 21 heavy (non-hydrogen) atoms. The van der Waals surface area contributed by atoms with E-state index in [1.807, 2.05) is 0 Å². The minimum Gasteiger partial charge on any atom is -0.384 e. The van der Waals surface area contributed by atoms with Crippen LogP contribution in [0.4, 0.5) is 24.8 Å². The zero-order valence-corrected chi connectivity index (χ0v) is 11.9. The van der Waals surface area contributed by atoms with Gasteiger partial charge >= 0.3 is 6.18 Å². The number of ether oxygens (including phenoxy) is 2. The third kappa shape index (κ3) is 7.14. The molecule has 0 spiro atoms. The van der Waals surface area contributed by atoms with E-state index in [-0.39, 0.29) is 11.6 Å². The minimum atomic E-state index is -4.43. The number of nitrogens with two attached hydrogens (primary N) is 1. The van der Waals surface area contributed by atoms with Gasteiger partial charge in [0.15, 0.2) is 0 Å². The fourth-order valence-electron chi connectivity index (χ4n) is 1.60. The number of halogens is 3. The van der Waals surface area contributed by atoms with Crippen LogP contribution >= 0.6 is 0 Å². The summed E-state index contributed by atoms with van der Waals surface area (Å²) in [6.07, 6.45) is -2.88. The van der Waals surface area contributed by atoms with Crippen molar-refractivity contribution in [2.24, 2.45) is 0 Å². The van der Waals surface area contributed by atoms with E-state index in [4.69, 9.17) is 15.2 Å². The van der Waals surface area contributed by atoms with E-state index in [9.17, 15) is 13.2 Å². The van der Waals surface area contributed by atoms with Crippen molar-refractivity contribution in [1.29, 1.82) is 0 Å². The summed E-state index contributed by atoms with van der Waals surface area (Å²) < 4.78 is 47.9. The molecule has 1 rings (SSSR count). The number of anilines is 2. The molecule has 120 valence electrons. The van der Waals surface area contributed by atoms with E-state index in [0.717, 1.165) is 25.0 Å². The summed E-state index contributed by atoms with van der Waals surface area (Å²) in [6, 6.07) is 1.76. The van der Waals surface area contributed by atoms with Gasteiger partial charge in [-0.15, -0.1) is 0 Å². The lowest BCUT2D eigenvalue weighted by molar-refractivity contribution is -0.137. The Bertz CT molecular complexity index is 428. The molecule has 0 saturated carbocycles. The van der Waals surface area contributed by atoms with Gasteiger partial charge in [-0.3, -0.25) is 0 Å². The first-order valence-electron chi connectivity index (χ1n) is 6.59. The largest absolute Gasteiger partial charge is 0.416 e. The molecule has 0 fully saturated rings. The predicted octanol–water partition coefficient (Wildman–Crippen LogP) is 2.54. The van der Waals surface area contributed by atoms with Crippen LogP contribution in [0.25, 0.3) is 0 Å². The van der Waals surface area contributed by atoms with Gasteiger partial charge in [0.1, 0.15) is 11.6 Å². The van der Waals surface area contributed by atoms with Crippen molar-refractivity contribution in [1.82, 2.24) is 4.98 Å². The fraction of sp³-hybridized carbons (Fsp3) is 0.615. The molecule has 0 aliphatic carbocycles. The maximum Gasteiger partial charge on any atom is 0.416 e. The standard InChI is InChI=1S/C13H20F3N3O2/c1-20-6-7-21-5-3-2-4-18-12-9-10(13(14,15)16)8-11(17)19-12/h8-9H,2-7H2,1H3,(H3,17,18,19). The summed E-state index contributed by atoms with van der Waals surface area (Å²) in [5.74, 6) is -0.0298. The van der Waals surface area contributed by atoms with Crippen molar-refractivity contribution in [3.8, 4) is 0 Å². The van der Waals surface area contributed by atoms with Crippen molar-refractivity contribution in [3.63, 3.8) is 0 Å². The molecular formula is C13H20F3N3O2. The van der Waals surface area contributed by atoms with Gasteiger partial charge in [0.25, 0.3) is 0 Å². The van der Waals surface area contributed by atoms with Gasteiger partial charge in [0.05, 0.1) is 18.8 Å². The maximum atomic E-state index is 12.6. The molecule has 0 bridgehead atoms. The molecule has 0 unspecified atom stereocenters. The molecule has 5 nitrogen and oxygen atoms in total. The highest BCUT2D eigenvalue weighted by atomic mass is 19.4. The van der Waals surface area contributed by atoms with Gasteiger partial charge in [-0.1, -0.05) is 0 Å². The summed E-state index contributed by atoms with van der Waals surface area (Å²) in [7, 11) is 1.60. The number of unbranched alkanes of at least 4 members (excludes halogenated alkanes) is 1. The van der Waals surface area contributed by atoms with Gasteiger partial charge in [-0.2, -0.15) is 13.2 Å². The van der Waals surface area contributed by atoms with E-state index in [1.165, 1.54) is 0 Å². The molecule has 1 aromatic heterocycles. The van der Waals surface area contributed by atoms with E-state index in [2.05, 4.69) is 10.3 Å². The molecule has 0 atom stereocenters. The number of methoxy groups -OCH3 is 1. The number of hydrogen-bond acceptors (Lipinski definition) is 5. The van der Waals surface area contributed by atoms with Crippen molar-refractivity contribution in [2.45, 2.75) is 19.0 Å². The third-order valence-corrected chi connectivity index (χ3v) is 2.63. The van der Waals surface area contributed by atoms with Gasteiger partial charge in [0.2, 0.25) is 0 Å². The fourth-order valence-corrected chi connectivity index (χ4v) is 1.60. The second kappa shape index (κ2) is 8.68. The van der Waals surface area contributed by atoms with Crippen LogP contribution in [0, 0.1) is 0 Å². The highest BCUT2D eigenvalue weighted by Gasteiger charge is 2.31. The lowest BCUT2D eigenvalue weighted by atomic mass is 10.2.